The molecule has 0 heterocycles. The lowest BCUT2D eigenvalue weighted by atomic mass is 9.79. The van der Waals surface area contributed by atoms with Crippen LogP contribution in [0.2, 0.25) is 0 Å². The lowest BCUT2D eigenvalue weighted by Gasteiger charge is -2.27. The van der Waals surface area contributed by atoms with Gasteiger partial charge in [0.05, 0.1) is 0 Å². The van der Waals surface area contributed by atoms with Crippen LogP contribution in [0.25, 0.3) is 0 Å². The van der Waals surface area contributed by atoms with E-state index in [1.54, 1.807) is 5.57 Å². The summed E-state index contributed by atoms with van der Waals surface area (Å²) in [6.45, 7) is 9.33. The first kappa shape index (κ1) is 11.6. The predicted octanol–water partition coefficient (Wildman–Crippen LogP) is 4.73. The van der Waals surface area contributed by atoms with E-state index in [0.29, 0.717) is 5.41 Å². The Hall–Kier alpha value is -0.520. The van der Waals surface area contributed by atoms with Crippen LogP contribution in [-0.4, -0.2) is 0 Å². The summed E-state index contributed by atoms with van der Waals surface area (Å²) >= 11 is 0. The highest BCUT2D eigenvalue weighted by Crippen LogP contribution is 2.34. The summed E-state index contributed by atoms with van der Waals surface area (Å²) in [5.74, 6) is 0.815. The van der Waals surface area contributed by atoms with Crippen LogP contribution in [0.15, 0.2) is 23.8 Å². The molecular weight excluding hydrogens is 168 g/mol. The summed E-state index contributed by atoms with van der Waals surface area (Å²) in [7, 11) is 0. The Morgan fingerprint density at radius 1 is 1.36 bits per heavy atom. The first-order chi connectivity index (χ1) is 6.53. The van der Waals surface area contributed by atoms with E-state index in [0.717, 1.165) is 5.92 Å². The molecule has 0 fully saturated rings. The van der Waals surface area contributed by atoms with Gasteiger partial charge in [0.1, 0.15) is 0 Å². The van der Waals surface area contributed by atoms with Crippen molar-refractivity contribution >= 4 is 0 Å². The van der Waals surface area contributed by atoms with E-state index in [1.165, 1.54) is 25.7 Å². The predicted molar refractivity (Wildman–Crippen MR) is 64.3 cm³/mol. The normalized spacial score (nSPS) is 18.4. The van der Waals surface area contributed by atoms with Crippen LogP contribution in [0, 0.1) is 11.3 Å². The monoisotopic (exact) mass is 192 g/mol. The van der Waals surface area contributed by atoms with Crippen LogP contribution in [-0.2, 0) is 0 Å². The van der Waals surface area contributed by atoms with E-state index in [9.17, 15) is 0 Å². The van der Waals surface area contributed by atoms with Gasteiger partial charge in [-0.3, -0.25) is 0 Å². The largest absolute Gasteiger partial charge is 0.0805 e. The van der Waals surface area contributed by atoms with Crippen LogP contribution in [0.4, 0.5) is 0 Å². The standard InChI is InChI=1S/C14H24/c1-5-8-13(11-14(2,3)4)12-9-6-7-10-12/h6-7,9,13H,5,8,10-11H2,1-4H3. The average molecular weight is 192 g/mol. The van der Waals surface area contributed by atoms with Crippen molar-refractivity contribution in [2.24, 2.45) is 11.3 Å². The fourth-order valence-corrected chi connectivity index (χ4v) is 2.27. The van der Waals surface area contributed by atoms with E-state index < -0.39 is 0 Å². The molecule has 1 atom stereocenters. The van der Waals surface area contributed by atoms with Crippen molar-refractivity contribution in [3.05, 3.63) is 23.8 Å². The molecule has 0 spiro atoms. The highest BCUT2D eigenvalue weighted by Gasteiger charge is 2.21. The van der Waals surface area contributed by atoms with E-state index in [2.05, 4.69) is 45.9 Å². The van der Waals surface area contributed by atoms with Crippen molar-refractivity contribution in [2.45, 2.75) is 53.4 Å². The number of hydrogen-bond acceptors (Lipinski definition) is 0. The van der Waals surface area contributed by atoms with Crippen LogP contribution >= 0.6 is 0 Å². The second kappa shape index (κ2) is 4.82. The first-order valence-corrected chi connectivity index (χ1v) is 5.88. The van der Waals surface area contributed by atoms with E-state index in [-0.39, 0.29) is 0 Å². The van der Waals surface area contributed by atoms with Crippen LogP contribution in [0.5, 0.6) is 0 Å². The van der Waals surface area contributed by atoms with Gasteiger partial charge in [0.25, 0.3) is 0 Å². The van der Waals surface area contributed by atoms with Gasteiger partial charge in [-0.2, -0.15) is 0 Å². The zero-order chi connectivity index (χ0) is 10.6. The smallest absolute Gasteiger partial charge is 0.0130 e. The van der Waals surface area contributed by atoms with Crippen LogP contribution in [0.1, 0.15) is 53.4 Å². The molecule has 14 heavy (non-hydrogen) atoms. The van der Waals surface area contributed by atoms with Crippen molar-refractivity contribution in [2.75, 3.05) is 0 Å². The van der Waals surface area contributed by atoms with Crippen molar-refractivity contribution in [1.29, 1.82) is 0 Å². The zero-order valence-electron chi connectivity index (χ0n) is 10.1. The van der Waals surface area contributed by atoms with Gasteiger partial charge in [-0.25, -0.2) is 0 Å². The summed E-state index contributed by atoms with van der Waals surface area (Å²) in [6.07, 6.45) is 12.0. The molecule has 80 valence electrons. The molecule has 0 saturated carbocycles. The third-order valence-corrected chi connectivity index (χ3v) is 2.82. The highest BCUT2D eigenvalue weighted by molar-refractivity contribution is 5.25. The molecule has 0 saturated heterocycles. The van der Waals surface area contributed by atoms with Crippen molar-refractivity contribution in [1.82, 2.24) is 0 Å². The average Bonchev–Trinajstić information content (AvgIpc) is 2.52. The first-order valence-electron chi connectivity index (χ1n) is 5.88. The third-order valence-electron chi connectivity index (χ3n) is 2.82. The van der Waals surface area contributed by atoms with Gasteiger partial charge in [0, 0.05) is 0 Å². The number of allylic oxidation sites excluding steroid dienone is 4. The Labute approximate surface area is 89.1 Å². The van der Waals surface area contributed by atoms with Gasteiger partial charge < -0.3 is 0 Å². The third kappa shape index (κ3) is 3.69. The summed E-state index contributed by atoms with van der Waals surface area (Å²) in [5, 5.41) is 0. The molecule has 0 aromatic rings. The summed E-state index contributed by atoms with van der Waals surface area (Å²) in [4.78, 5) is 0. The molecule has 0 N–H and O–H groups in total. The molecule has 0 aromatic carbocycles. The Balaban J connectivity index is 2.55. The summed E-state index contributed by atoms with van der Waals surface area (Å²) in [5.41, 5.74) is 2.12. The van der Waals surface area contributed by atoms with Gasteiger partial charge in [0.2, 0.25) is 0 Å². The molecule has 1 aliphatic carbocycles. The molecule has 0 aliphatic heterocycles. The molecule has 1 unspecified atom stereocenters. The second-order valence-corrected chi connectivity index (χ2v) is 5.62. The summed E-state index contributed by atoms with van der Waals surface area (Å²) in [6, 6.07) is 0. The molecule has 0 nitrogen and oxygen atoms in total. The highest BCUT2D eigenvalue weighted by atomic mass is 14.3. The second-order valence-electron chi connectivity index (χ2n) is 5.62. The fraction of sp³-hybridized carbons (Fsp3) is 0.714. The zero-order valence-corrected chi connectivity index (χ0v) is 10.1. The molecule has 0 radical (unpaired) electrons. The Bertz CT molecular complexity index is 225. The lowest BCUT2D eigenvalue weighted by molar-refractivity contribution is 0.305. The van der Waals surface area contributed by atoms with Gasteiger partial charge in [-0.1, -0.05) is 57.9 Å². The Morgan fingerprint density at radius 2 is 2.07 bits per heavy atom. The van der Waals surface area contributed by atoms with Gasteiger partial charge in [-0.05, 0) is 30.6 Å². The number of hydrogen-bond donors (Lipinski definition) is 0. The van der Waals surface area contributed by atoms with Crippen molar-refractivity contribution < 1.29 is 0 Å². The molecule has 0 bridgehead atoms. The van der Waals surface area contributed by atoms with Crippen molar-refractivity contribution in [3.63, 3.8) is 0 Å². The molecule has 1 aliphatic rings. The molecule has 1 rings (SSSR count). The van der Waals surface area contributed by atoms with Gasteiger partial charge in [0.15, 0.2) is 0 Å². The molecule has 0 aromatic heterocycles. The fourth-order valence-electron chi connectivity index (χ4n) is 2.27. The topological polar surface area (TPSA) is 0 Å². The lowest BCUT2D eigenvalue weighted by Crippen LogP contribution is -2.14. The minimum atomic E-state index is 0.462. The van der Waals surface area contributed by atoms with E-state index in [1.807, 2.05) is 0 Å². The molecule has 0 amide bonds. The van der Waals surface area contributed by atoms with Gasteiger partial charge >= 0.3 is 0 Å². The van der Waals surface area contributed by atoms with E-state index >= 15 is 0 Å². The van der Waals surface area contributed by atoms with Crippen LogP contribution < -0.4 is 0 Å². The van der Waals surface area contributed by atoms with Crippen molar-refractivity contribution in [3.8, 4) is 0 Å². The minimum absolute atomic E-state index is 0.462. The van der Waals surface area contributed by atoms with Gasteiger partial charge in [-0.15, -0.1) is 0 Å². The SMILES string of the molecule is CCCC(CC(C)(C)C)C1=CC=CC1. The number of rotatable bonds is 4. The summed E-state index contributed by atoms with van der Waals surface area (Å²) < 4.78 is 0. The maximum absolute atomic E-state index is 2.35. The quantitative estimate of drug-likeness (QED) is 0.604. The maximum Gasteiger partial charge on any atom is -0.0130 e. The molecular formula is C14H24. The maximum atomic E-state index is 2.35. The minimum Gasteiger partial charge on any atom is -0.0805 e. The Morgan fingerprint density at radius 3 is 2.50 bits per heavy atom. The van der Waals surface area contributed by atoms with Crippen LogP contribution in [0.3, 0.4) is 0 Å². The molecule has 0 heteroatoms. The van der Waals surface area contributed by atoms with E-state index in [4.69, 9.17) is 0 Å². The Kier molecular flexibility index (Phi) is 3.97.